The lowest BCUT2D eigenvalue weighted by Crippen LogP contribution is -2.23. The molecule has 0 saturated heterocycles. The molecule has 2 heterocycles. The molecule has 0 amide bonds. The Morgan fingerprint density at radius 3 is 2.83 bits per heavy atom. The molecule has 1 atom stereocenters. The predicted octanol–water partition coefficient (Wildman–Crippen LogP) is 5.51. The zero-order valence-corrected chi connectivity index (χ0v) is 14.1. The van der Waals surface area contributed by atoms with Crippen LogP contribution in [0.3, 0.4) is 0 Å². The fourth-order valence-electron chi connectivity index (χ4n) is 1.80. The highest BCUT2D eigenvalue weighted by Gasteiger charge is 2.14. The highest BCUT2D eigenvalue weighted by Crippen LogP contribution is 2.30. The van der Waals surface area contributed by atoms with Gasteiger partial charge in [0.15, 0.2) is 0 Å². The molecule has 1 unspecified atom stereocenters. The second-order valence-corrected chi connectivity index (χ2v) is 8.19. The first kappa shape index (κ1) is 14.5. The average Bonchev–Trinajstić information content (AvgIpc) is 2.93. The van der Waals surface area contributed by atoms with Crippen LogP contribution in [0.5, 0.6) is 0 Å². The molecule has 2 aromatic rings. The summed E-state index contributed by atoms with van der Waals surface area (Å²) in [6.45, 7) is 3.23. The van der Waals surface area contributed by atoms with E-state index in [1.807, 2.05) is 6.07 Å². The number of thiophene rings is 2. The first-order valence-electron chi connectivity index (χ1n) is 5.90. The maximum absolute atomic E-state index is 5.99. The van der Waals surface area contributed by atoms with Crippen LogP contribution in [0.4, 0.5) is 0 Å². The van der Waals surface area contributed by atoms with E-state index in [0.29, 0.717) is 6.04 Å². The molecule has 0 bridgehead atoms. The normalized spacial score (nSPS) is 12.8. The third-order valence-electron chi connectivity index (χ3n) is 2.67. The smallest absolute Gasteiger partial charge is 0.0931 e. The van der Waals surface area contributed by atoms with E-state index >= 15 is 0 Å². The molecule has 2 rings (SSSR count). The summed E-state index contributed by atoms with van der Waals surface area (Å²) in [6.07, 6.45) is 2.15. The summed E-state index contributed by atoms with van der Waals surface area (Å²) < 4.78 is 2.05. The van der Waals surface area contributed by atoms with E-state index in [-0.39, 0.29) is 0 Å². The van der Waals surface area contributed by atoms with Crippen molar-refractivity contribution in [2.45, 2.75) is 25.8 Å². The summed E-state index contributed by atoms with van der Waals surface area (Å²) in [7, 11) is 0. The van der Waals surface area contributed by atoms with Crippen LogP contribution in [-0.2, 0) is 6.42 Å². The predicted molar refractivity (Wildman–Crippen MR) is 86.1 cm³/mol. The van der Waals surface area contributed by atoms with Gasteiger partial charge < -0.3 is 5.32 Å². The third-order valence-corrected chi connectivity index (χ3v) is 5.44. The van der Waals surface area contributed by atoms with Gasteiger partial charge in [-0.05, 0) is 58.0 Å². The van der Waals surface area contributed by atoms with E-state index in [2.05, 4.69) is 45.7 Å². The van der Waals surface area contributed by atoms with Gasteiger partial charge in [0.1, 0.15) is 0 Å². The molecule has 0 aliphatic rings. The summed E-state index contributed by atoms with van der Waals surface area (Å²) in [5, 5.41) is 5.82. The Hall–Kier alpha value is 0.130. The molecule has 1 nitrogen and oxygen atoms in total. The van der Waals surface area contributed by atoms with Gasteiger partial charge in [-0.15, -0.1) is 22.7 Å². The van der Waals surface area contributed by atoms with Gasteiger partial charge in [-0.2, -0.15) is 0 Å². The second-order valence-electron chi connectivity index (χ2n) is 4.10. The molecule has 2 aromatic heterocycles. The summed E-state index contributed by atoms with van der Waals surface area (Å²) >= 11 is 12.9. The molecule has 0 fully saturated rings. The van der Waals surface area contributed by atoms with E-state index < -0.39 is 0 Å². The summed E-state index contributed by atoms with van der Waals surface area (Å²) in [4.78, 5) is 1.33. The Labute approximate surface area is 129 Å². The minimum absolute atomic E-state index is 0.377. The lowest BCUT2D eigenvalue weighted by Gasteiger charge is -2.16. The molecule has 0 aromatic carbocycles. The number of nitrogens with one attached hydrogen (secondary N) is 1. The van der Waals surface area contributed by atoms with E-state index in [4.69, 9.17) is 11.6 Å². The Morgan fingerprint density at radius 2 is 2.28 bits per heavy atom. The first-order chi connectivity index (χ1) is 8.69. The third kappa shape index (κ3) is 4.07. The summed E-state index contributed by atoms with van der Waals surface area (Å²) in [5.41, 5.74) is 1.35. The van der Waals surface area contributed by atoms with Crippen LogP contribution in [0, 0.1) is 0 Å². The van der Waals surface area contributed by atoms with Crippen molar-refractivity contribution < 1.29 is 0 Å². The SMILES string of the molecule is CCCNC(Cc1ccc(Cl)s1)c1csc(Br)c1. The van der Waals surface area contributed by atoms with Crippen LogP contribution < -0.4 is 5.32 Å². The van der Waals surface area contributed by atoms with Crippen LogP contribution in [-0.4, -0.2) is 6.54 Å². The molecular weight excluding hydrogens is 350 g/mol. The first-order valence-corrected chi connectivity index (χ1v) is 8.77. The maximum Gasteiger partial charge on any atom is 0.0931 e. The molecule has 5 heteroatoms. The molecule has 1 N–H and O–H groups in total. The highest BCUT2D eigenvalue weighted by molar-refractivity contribution is 9.11. The van der Waals surface area contributed by atoms with Crippen molar-refractivity contribution in [1.29, 1.82) is 0 Å². The largest absolute Gasteiger partial charge is 0.310 e. The Balaban J connectivity index is 2.09. The lowest BCUT2D eigenvalue weighted by molar-refractivity contribution is 0.533. The minimum atomic E-state index is 0.377. The number of hydrogen-bond donors (Lipinski definition) is 1. The summed E-state index contributed by atoms with van der Waals surface area (Å²) in [6, 6.07) is 6.67. The van der Waals surface area contributed by atoms with Gasteiger partial charge in [0.25, 0.3) is 0 Å². The maximum atomic E-state index is 5.99. The standard InChI is InChI=1S/C13H15BrClNS2/c1-2-5-16-11(9-6-12(14)17-8-9)7-10-3-4-13(15)18-10/h3-4,6,8,11,16H,2,5,7H2,1H3. The van der Waals surface area contributed by atoms with Crippen molar-refractivity contribution in [1.82, 2.24) is 5.32 Å². The molecule has 0 spiro atoms. The minimum Gasteiger partial charge on any atom is -0.310 e. The molecule has 18 heavy (non-hydrogen) atoms. The van der Waals surface area contributed by atoms with E-state index in [1.54, 1.807) is 22.7 Å². The van der Waals surface area contributed by atoms with Crippen LogP contribution in [0.15, 0.2) is 27.4 Å². The van der Waals surface area contributed by atoms with Gasteiger partial charge in [-0.25, -0.2) is 0 Å². The van der Waals surface area contributed by atoms with Gasteiger partial charge in [-0.1, -0.05) is 18.5 Å². The van der Waals surface area contributed by atoms with E-state index in [9.17, 15) is 0 Å². The van der Waals surface area contributed by atoms with Crippen molar-refractivity contribution in [2.75, 3.05) is 6.54 Å². The van der Waals surface area contributed by atoms with Crippen LogP contribution in [0.25, 0.3) is 0 Å². The van der Waals surface area contributed by atoms with Crippen molar-refractivity contribution in [2.24, 2.45) is 0 Å². The highest BCUT2D eigenvalue weighted by atomic mass is 79.9. The Bertz CT molecular complexity index is 495. The van der Waals surface area contributed by atoms with Gasteiger partial charge >= 0.3 is 0 Å². The van der Waals surface area contributed by atoms with E-state index in [1.165, 1.54) is 14.2 Å². The number of rotatable bonds is 6. The zero-order chi connectivity index (χ0) is 13.0. The molecule has 0 aliphatic carbocycles. The fourth-order valence-corrected chi connectivity index (χ4v) is 4.16. The average molecular weight is 365 g/mol. The molecule has 0 saturated carbocycles. The van der Waals surface area contributed by atoms with Crippen molar-refractivity contribution in [3.63, 3.8) is 0 Å². The molecular formula is C13H15BrClNS2. The van der Waals surface area contributed by atoms with Gasteiger partial charge in [0, 0.05) is 17.3 Å². The monoisotopic (exact) mass is 363 g/mol. The van der Waals surface area contributed by atoms with Crippen LogP contribution in [0.1, 0.15) is 29.8 Å². The van der Waals surface area contributed by atoms with Crippen LogP contribution in [0.2, 0.25) is 4.34 Å². The molecule has 0 aliphatic heterocycles. The Kier molecular flexibility index (Phi) is 5.70. The molecule has 98 valence electrons. The zero-order valence-electron chi connectivity index (χ0n) is 10.1. The Morgan fingerprint density at radius 1 is 1.44 bits per heavy atom. The lowest BCUT2D eigenvalue weighted by atomic mass is 10.1. The quantitative estimate of drug-likeness (QED) is 0.712. The van der Waals surface area contributed by atoms with E-state index in [0.717, 1.165) is 23.7 Å². The van der Waals surface area contributed by atoms with Gasteiger partial charge in [0.05, 0.1) is 8.12 Å². The van der Waals surface area contributed by atoms with Gasteiger partial charge in [-0.3, -0.25) is 0 Å². The van der Waals surface area contributed by atoms with Crippen molar-refractivity contribution >= 4 is 50.2 Å². The number of hydrogen-bond acceptors (Lipinski definition) is 3. The topological polar surface area (TPSA) is 12.0 Å². The van der Waals surface area contributed by atoms with Crippen molar-refractivity contribution in [3.05, 3.63) is 42.1 Å². The van der Waals surface area contributed by atoms with Crippen molar-refractivity contribution in [3.8, 4) is 0 Å². The van der Waals surface area contributed by atoms with Crippen LogP contribution >= 0.6 is 50.2 Å². The fraction of sp³-hybridized carbons (Fsp3) is 0.385. The number of halogens is 2. The molecule has 0 radical (unpaired) electrons. The summed E-state index contributed by atoms with van der Waals surface area (Å²) in [5.74, 6) is 0. The van der Waals surface area contributed by atoms with Gasteiger partial charge in [0.2, 0.25) is 0 Å². The second kappa shape index (κ2) is 7.06.